The molecule has 6 aromatic carbocycles. The molecule has 1 N–H and O–H groups in total. The fraction of sp³-hybridized carbons (Fsp3) is 0.717. The van der Waals surface area contributed by atoms with Crippen LogP contribution in [0.4, 0.5) is 0 Å². The SMILES string of the molecule is CC(C)CC(C)C.CC(C)CC(CC(C)C)C(C)C.CC(C)CCC(C)C.CC(C)CCCC(C)C.CC(C)CCCCC(C)C.CC(C)Cc1ccc(C(C)C)cc1.CC(C)Cc1ccc(C(C)C)cc1Cl.CC(C)Cc1ccc(CO)c(C(C)C)c1.CC(C)Cc1cccc(C(C)C)c1.COc1cc(C(C)C)ccc1CC(C)C.COc1ccc(C(C)C)cc1CC(C)C. The summed E-state index contributed by atoms with van der Waals surface area (Å²) in [5.41, 5.74) is 17.5. The Labute approximate surface area is 827 Å². The lowest BCUT2D eigenvalue weighted by atomic mass is 9.82. The highest BCUT2D eigenvalue weighted by atomic mass is 35.5. The number of hydrogen-bond donors (Lipinski definition) is 1. The van der Waals surface area contributed by atoms with E-state index in [9.17, 15) is 5.11 Å². The van der Waals surface area contributed by atoms with Gasteiger partial charge in [0.2, 0.25) is 0 Å². The molecule has 0 amide bonds. The Morgan fingerprint density at radius 1 is 0.237 bits per heavy atom. The predicted molar refractivity (Wildman–Crippen MR) is 601 cm³/mol. The van der Waals surface area contributed by atoms with Crippen LogP contribution in [0.5, 0.6) is 11.5 Å². The molecule has 760 valence electrons. The molecular weight excluding hydrogens is 1610 g/mol. The molecule has 4 heteroatoms. The second kappa shape index (κ2) is 79.1. The van der Waals surface area contributed by atoms with Crippen LogP contribution in [0.2, 0.25) is 5.02 Å². The number of aliphatic hydroxyl groups excluding tert-OH is 1. The van der Waals surface area contributed by atoms with Crippen molar-refractivity contribution in [1.29, 1.82) is 0 Å². The minimum atomic E-state index is 0.148. The topological polar surface area (TPSA) is 38.7 Å². The number of unbranched alkanes of at least 4 members (excludes halogenated alkanes) is 1. The quantitative estimate of drug-likeness (QED) is 0.0390. The van der Waals surface area contributed by atoms with E-state index < -0.39 is 0 Å². The molecule has 0 aliphatic rings. The van der Waals surface area contributed by atoms with E-state index in [1.165, 1.54) is 157 Å². The smallest absolute Gasteiger partial charge is 0.122 e. The first kappa shape index (κ1) is 135. The van der Waals surface area contributed by atoms with Crippen molar-refractivity contribution in [3.63, 3.8) is 0 Å². The predicted octanol–water partition coefficient (Wildman–Crippen LogP) is 41.7. The Balaban J connectivity index is -0.000000448. The summed E-state index contributed by atoms with van der Waals surface area (Å²) in [5.74, 6) is 20.3. The Hall–Kier alpha value is -4.83. The van der Waals surface area contributed by atoms with Gasteiger partial charge in [-0.05, 0) is 290 Å². The van der Waals surface area contributed by atoms with Gasteiger partial charge in [0, 0.05) is 5.02 Å². The summed E-state index contributed by atoms with van der Waals surface area (Å²) in [6.45, 7) is 104. The second-order valence-electron chi connectivity index (χ2n) is 47.6. The van der Waals surface area contributed by atoms with E-state index in [1.54, 1.807) is 14.2 Å². The summed E-state index contributed by atoms with van der Waals surface area (Å²) in [6, 6.07) is 44.0. The number of rotatable bonds is 40. The average Bonchev–Trinajstić information content (AvgIpc) is 0.863. The Bertz CT molecular complexity index is 3530. The van der Waals surface area contributed by atoms with Crippen LogP contribution < -0.4 is 9.47 Å². The molecule has 0 unspecified atom stereocenters. The van der Waals surface area contributed by atoms with Gasteiger partial charge in [0.25, 0.3) is 0 Å². The van der Waals surface area contributed by atoms with Crippen molar-refractivity contribution in [3.8, 4) is 11.5 Å². The second-order valence-corrected chi connectivity index (χ2v) is 48.0. The van der Waals surface area contributed by atoms with Crippen LogP contribution in [0.15, 0.2) is 121 Å². The molecule has 131 heavy (non-hydrogen) atoms. The monoisotopic (exact) mass is 1840 g/mol. The van der Waals surface area contributed by atoms with Gasteiger partial charge in [0.15, 0.2) is 0 Å². The van der Waals surface area contributed by atoms with Gasteiger partial charge in [-0.25, -0.2) is 0 Å². The minimum Gasteiger partial charge on any atom is -0.496 e. The molecule has 0 bridgehead atoms. The van der Waals surface area contributed by atoms with E-state index in [1.807, 2.05) is 0 Å². The minimum absolute atomic E-state index is 0.148. The van der Waals surface area contributed by atoms with Crippen molar-refractivity contribution in [2.75, 3.05) is 14.2 Å². The first-order valence-electron chi connectivity index (χ1n) is 53.8. The molecular formula is C127H227ClO3. The van der Waals surface area contributed by atoms with Gasteiger partial charge in [0.05, 0.1) is 20.8 Å². The van der Waals surface area contributed by atoms with Gasteiger partial charge in [0.1, 0.15) is 11.5 Å². The molecule has 0 saturated heterocycles. The van der Waals surface area contributed by atoms with E-state index in [4.69, 9.17) is 21.1 Å². The lowest BCUT2D eigenvalue weighted by Gasteiger charge is -2.24. The van der Waals surface area contributed by atoms with Crippen molar-refractivity contribution < 1.29 is 14.6 Å². The molecule has 0 aromatic heterocycles. The van der Waals surface area contributed by atoms with Crippen LogP contribution in [-0.4, -0.2) is 19.3 Å². The van der Waals surface area contributed by atoms with E-state index >= 15 is 0 Å². The van der Waals surface area contributed by atoms with Gasteiger partial charge < -0.3 is 14.6 Å². The number of methoxy groups -OCH3 is 2. The third kappa shape index (κ3) is 78.9. The molecule has 6 aromatic rings. The Morgan fingerprint density at radius 3 is 0.885 bits per heavy atom. The fourth-order valence-corrected chi connectivity index (χ4v) is 15.8. The van der Waals surface area contributed by atoms with Crippen LogP contribution >= 0.6 is 11.6 Å². The molecule has 0 saturated carbocycles. The molecule has 3 nitrogen and oxygen atoms in total. The van der Waals surface area contributed by atoms with E-state index in [-0.39, 0.29) is 6.61 Å². The highest BCUT2D eigenvalue weighted by Gasteiger charge is 2.18. The molecule has 0 heterocycles. The fourth-order valence-electron chi connectivity index (χ4n) is 15.5. The average molecular weight is 1840 g/mol. The summed E-state index contributed by atoms with van der Waals surface area (Å²) < 4.78 is 10.8. The van der Waals surface area contributed by atoms with E-state index in [0.717, 1.165) is 131 Å². The van der Waals surface area contributed by atoms with Gasteiger partial charge in [-0.1, -0.05) is 491 Å². The molecule has 0 aliphatic carbocycles. The van der Waals surface area contributed by atoms with Crippen molar-refractivity contribution in [3.05, 3.63) is 199 Å². The third-order valence-corrected chi connectivity index (χ3v) is 23.3. The number of halogens is 1. The van der Waals surface area contributed by atoms with Crippen molar-refractivity contribution in [2.24, 2.45) is 107 Å². The summed E-state index contributed by atoms with van der Waals surface area (Å²) in [5, 5.41) is 10.2. The zero-order chi connectivity index (χ0) is 102. The number of ether oxygens (including phenoxy) is 2. The van der Waals surface area contributed by atoms with E-state index in [2.05, 4.69) is 440 Å². The lowest BCUT2D eigenvalue weighted by Crippen LogP contribution is -2.14. The van der Waals surface area contributed by atoms with Crippen molar-refractivity contribution >= 4 is 11.6 Å². The van der Waals surface area contributed by atoms with Crippen LogP contribution in [0, 0.1) is 107 Å². The normalized spacial score (nSPS) is 11.4. The largest absolute Gasteiger partial charge is 0.496 e. The highest BCUT2D eigenvalue weighted by molar-refractivity contribution is 6.31. The van der Waals surface area contributed by atoms with Gasteiger partial charge in [-0.2, -0.15) is 0 Å². The maximum absolute atomic E-state index is 9.24. The number of aliphatic hydroxyl groups is 1. The van der Waals surface area contributed by atoms with Crippen LogP contribution in [0.3, 0.4) is 0 Å². The first-order valence-corrected chi connectivity index (χ1v) is 54.1. The molecule has 6 rings (SSSR count). The standard InChI is InChI=1S/3C14H22O.C13H19Cl.2C13H20.C12H26.C10H22.C9H20.C8H18.C7H16/c1-10(2)8-13-9-12(11(3)4)6-7-14(13)15-5;1-10(2)8-13-7-6-12(11(3)4)9-14(13)15-5;1-10(2)7-12-5-6-13(9-15)14(8-12)11(3)4;1-9(2)7-12-6-5-11(10(3)4)8-13(12)14;1-10(2)9-12-5-7-13(8-6-12)11(3)4;1-10(2)8-12-6-5-7-13(9-12)11(3)4;1-9(2)7-12(11(5)6)8-10(3)4;1-9(2)7-5-6-8-10(3)4;1-8(2)6-5-7-9(3)4;1-7(2)5-6-8(3)4;1-6(2)5-7(3)4/h2*6-7,9-11H,8H2,1-5H3;5-6,8,10-11,15H,7,9H2,1-4H3;5-6,8-10H,7H2,1-4H3;5-8,10-11H,9H2,1-4H3;5-7,9-11H,8H2,1-4H3;9-12H,7-8H2,1-6H3;9-10H,5-8H2,1-4H3;8-9H,5-7H2,1-4H3;7-8H,5-6H2,1-4H3;6-7H,5H2,1-4H3. The first-order chi connectivity index (χ1) is 60.7. The molecule has 0 radical (unpaired) electrons. The summed E-state index contributed by atoms with van der Waals surface area (Å²) in [7, 11) is 3.50. The van der Waals surface area contributed by atoms with Gasteiger partial charge in [-0.15, -0.1) is 0 Å². The summed E-state index contributed by atoms with van der Waals surface area (Å²) >= 11 is 6.22. The summed E-state index contributed by atoms with van der Waals surface area (Å²) in [6.07, 6.45) is 23.6. The number of benzene rings is 6. The maximum atomic E-state index is 9.24. The Morgan fingerprint density at radius 2 is 0.550 bits per heavy atom. The molecule has 0 aliphatic heterocycles. The van der Waals surface area contributed by atoms with Crippen LogP contribution in [-0.2, 0) is 45.1 Å². The van der Waals surface area contributed by atoms with Crippen molar-refractivity contribution in [1.82, 2.24) is 0 Å². The molecule has 0 fully saturated rings. The number of hydrogen-bond acceptors (Lipinski definition) is 3. The lowest BCUT2D eigenvalue weighted by molar-refractivity contribution is 0.268. The zero-order valence-corrected chi connectivity index (χ0v) is 97.2. The van der Waals surface area contributed by atoms with E-state index in [0.29, 0.717) is 59.2 Å². The Kier molecular flexibility index (Phi) is 81.3. The van der Waals surface area contributed by atoms with Gasteiger partial charge in [-0.3, -0.25) is 0 Å². The third-order valence-electron chi connectivity index (χ3n) is 22.9. The highest BCUT2D eigenvalue weighted by Crippen LogP contribution is 2.32. The van der Waals surface area contributed by atoms with Crippen LogP contribution in [0.1, 0.15) is 503 Å². The van der Waals surface area contributed by atoms with Crippen molar-refractivity contribution in [2.45, 2.75) is 476 Å². The maximum Gasteiger partial charge on any atom is 0.122 e. The van der Waals surface area contributed by atoms with Crippen LogP contribution in [0.25, 0.3) is 0 Å². The molecule has 0 atom stereocenters. The van der Waals surface area contributed by atoms with Gasteiger partial charge >= 0.3 is 0 Å². The molecule has 0 spiro atoms. The summed E-state index contributed by atoms with van der Waals surface area (Å²) in [4.78, 5) is 0. The zero-order valence-electron chi connectivity index (χ0n) is 96.5.